The molecule has 6 heteroatoms. The van der Waals surface area contributed by atoms with Gasteiger partial charge in [-0.15, -0.1) is 11.3 Å². The molecule has 25 heavy (non-hydrogen) atoms. The van der Waals surface area contributed by atoms with E-state index in [0.717, 1.165) is 10.4 Å². The van der Waals surface area contributed by atoms with Gasteiger partial charge in [-0.3, -0.25) is 9.59 Å². The van der Waals surface area contributed by atoms with Gasteiger partial charge in [-0.1, -0.05) is 18.2 Å². The zero-order valence-corrected chi connectivity index (χ0v) is 14.3. The highest BCUT2D eigenvalue weighted by molar-refractivity contribution is 7.13. The monoisotopic (exact) mass is 352 g/mol. The summed E-state index contributed by atoms with van der Waals surface area (Å²) in [5.41, 5.74) is 8.35. The van der Waals surface area contributed by atoms with E-state index in [1.54, 1.807) is 35.6 Å². The molecule has 1 aromatic heterocycles. The number of nitrogens with one attached hydrogen (secondary N) is 1. The third kappa shape index (κ3) is 4.05. The van der Waals surface area contributed by atoms with Gasteiger partial charge in [0.05, 0.1) is 11.4 Å². The number of esters is 1. The Labute approximate surface area is 149 Å². The second-order valence-electron chi connectivity index (χ2n) is 5.35. The Morgan fingerprint density at radius 3 is 2.64 bits per heavy atom. The highest BCUT2D eigenvalue weighted by Crippen LogP contribution is 2.30. The van der Waals surface area contributed by atoms with Gasteiger partial charge in [-0.25, -0.2) is 0 Å². The van der Waals surface area contributed by atoms with Crippen LogP contribution in [0.1, 0.15) is 17.3 Å². The van der Waals surface area contributed by atoms with Gasteiger partial charge in [0.2, 0.25) is 0 Å². The molecule has 0 fully saturated rings. The molecule has 0 aliphatic heterocycles. The van der Waals surface area contributed by atoms with Gasteiger partial charge < -0.3 is 15.8 Å². The summed E-state index contributed by atoms with van der Waals surface area (Å²) in [7, 11) is 0. The predicted octanol–water partition coefficient (Wildman–Crippen LogP) is 4.17. The fourth-order valence-electron chi connectivity index (χ4n) is 2.32. The van der Waals surface area contributed by atoms with Crippen molar-refractivity contribution in [1.29, 1.82) is 0 Å². The SMILES string of the molecule is CC(=O)Oc1cccc(C(=O)Nc2cc(-c3cccs3)ccc2N)c1. The summed E-state index contributed by atoms with van der Waals surface area (Å²) in [4.78, 5) is 24.6. The molecule has 3 aromatic rings. The van der Waals surface area contributed by atoms with E-state index in [4.69, 9.17) is 10.5 Å². The molecule has 2 aromatic carbocycles. The van der Waals surface area contributed by atoms with Crippen LogP contribution in [-0.4, -0.2) is 11.9 Å². The van der Waals surface area contributed by atoms with E-state index >= 15 is 0 Å². The maximum Gasteiger partial charge on any atom is 0.308 e. The number of carbonyl (C=O) groups is 2. The normalized spacial score (nSPS) is 10.3. The smallest absolute Gasteiger partial charge is 0.308 e. The second-order valence-corrected chi connectivity index (χ2v) is 6.30. The van der Waals surface area contributed by atoms with Crippen molar-refractivity contribution in [3.05, 3.63) is 65.5 Å². The van der Waals surface area contributed by atoms with Crippen LogP contribution in [0, 0.1) is 0 Å². The molecule has 1 amide bonds. The van der Waals surface area contributed by atoms with Crippen molar-refractivity contribution in [2.24, 2.45) is 0 Å². The number of carbonyl (C=O) groups excluding carboxylic acids is 2. The lowest BCUT2D eigenvalue weighted by Crippen LogP contribution is -2.13. The Bertz CT molecular complexity index is 920. The predicted molar refractivity (Wildman–Crippen MR) is 99.9 cm³/mol. The van der Waals surface area contributed by atoms with Crippen molar-refractivity contribution in [2.45, 2.75) is 6.92 Å². The maximum absolute atomic E-state index is 12.5. The fourth-order valence-corrected chi connectivity index (χ4v) is 3.05. The van der Waals surface area contributed by atoms with Crippen LogP contribution in [0.4, 0.5) is 11.4 Å². The molecule has 1 heterocycles. The average molecular weight is 352 g/mol. The summed E-state index contributed by atoms with van der Waals surface area (Å²) in [6.07, 6.45) is 0. The Morgan fingerprint density at radius 1 is 1.08 bits per heavy atom. The molecule has 0 aliphatic rings. The van der Waals surface area contributed by atoms with Gasteiger partial charge in [0, 0.05) is 17.4 Å². The van der Waals surface area contributed by atoms with Crippen LogP contribution < -0.4 is 15.8 Å². The number of thiophene rings is 1. The summed E-state index contributed by atoms with van der Waals surface area (Å²) in [5.74, 6) is -0.449. The molecule has 0 aliphatic carbocycles. The number of amides is 1. The van der Waals surface area contributed by atoms with Crippen molar-refractivity contribution < 1.29 is 14.3 Å². The van der Waals surface area contributed by atoms with E-state index in [2.05, 4.69) is 5.32 Å². The standard InChI is InChI=1S/C19H16N2O3S/c1-12(22)24-15-5-2-4-14(10-15)19(23)21-17-11-13(7-8-16(17)20)18-6-3-9-25-18/h2-11H,20H2,1H3,(H,21,23). The Hall–Kier alpha value is -3.12. The van der Waals surface area contributed by atoms with E-state index in [9.17, 15) is 9.59 Å². The van der Waals surface area contributed by atoms with Crippen LogP contribution >= 0.6 is 11.3 Å². The summed E-state index contributed by atoms with van der Waals surface area (Å²) < 4.78 is 5.00. The molecule has 0 spiro atoms. The molecule has 0 radical (unpaired) electrons. The minimum Gasteiger partial charge on any atom is -0.427 e. The first-order valence-corrected chi connectivity index (χ1v) is 8.44. The summed E-state index contributed by atoms with van der Waals surface area (Å²) in [6.45, 7) is 1.31. The van der Waals surface area contributed by atoms with Crippen molar-refractivity contribution in [2.75, 3.05) is 11.1 Å². The molecular weight excluding hydrogens is 336 g/mol. The largest absolute Gasteiger partial charge is 0.427 e. The van der Waals surface area contributed by atoms with Crippen LogP contribution in [0.2, 0.25) is 0 Å². The van der Waals surface area contributed by atoms with Crippen molar-refractivity contribution >= 4 is 34.6 Å². The Morgan fingerprint density at radius 2 is 1.92 bits per heavy atom. The highest BCUT2D eigenvalue weighted by atomic mass is 32.1. The third-order valence-electron chi connectivity index (χ3n) is 3.46. The molecule has 0 saturated carbocycles. The van der Waals surface area contributed by atoms with Crippen molar-refractivity contribution in [3.63, 3.8) is 0 Å². The van der Waals surface area contributed by atoms with Crippen molar-refractivity contribution in [1.82, 2.24) is 0 Å². The Balaban J connectivity index is 1.83. The summed E-state index contributed by atoms with van der Waals surface area (Å²) in [6, 6.07) is 15.9. The van der Waals surface area contributed by atoms with Gasteiger partial charge in [-0.2, -0.15) is 0 Å². The van der Waals surface area contributed by atoms with Crippen LogP contribution in [0.15, 0.2) is 60.0 Å². The van der Waals surface area contributed by atoms with Crippen LogP contribution in [0.25, 0.3) is 10.4 Å². The number of rotatable bonds is 4. The summed E-state index contributed by atoms with van der Waals surface area (Å²) >= 11 is 1.61. The molecular formula is C19H16N2O3S. The first-order valence-electron chi connectivity index (χ1n) is 7.56. The van der Waals surface area contributed by atoms with E-state index in [1.807, 2.05) is 29.6 Å². The lowest BCUT2D eigenvalue weighted by molar-refractivity contribution is -0.131. The van der Waals surface area contributed by atoms with Gasteiger partial charge in [0.1, 0.15) is 5.75 Å². The first-order chi connectivity index (χ1) is 12.0. The third-order valence-corrected chi connectivity index (χ3v) is 4.38. The zero-order chi connectivity index (χ0) is 17.8. The summed E-state index contributed by atoms with van der Waals surface area (Å²) in [5, 5.41) is 4.80. The number of hydrogen-bond donors (Lipinski definition) is 2. The second kappa shape index (κ2) is 7.19. The lowest BCUT2D eigenvalue weighted by atomic mass is 10.1. The lowest BCUT2D eigenvalue weighted by Gasteiger charge is -2.11. The van der Waals surface area contributed by atoms with Crippen molar-refractivity contribution in [3.8, 4) is 16.2 Å². The number of anilines is 2. The maximum atomic E-state index is 12.5. The van der Waals surface area contributed by atoms with E-state index in [0.29, 0.717) is 22.7 Å². The molecule has 3 rings (SSSR count). The van der Waals surface area contributed by atoms with Crippen LogP contribution in [-0.2, 0) is 4.79 Å². The topological polar surface area (TPSA) is 81.4 Å². The number of nitrogen functional groups attached to an aromatic ring is 1. The molecule has 126 valence electrons. The van der Waals surface area contributed by atoms with Gasteiger partial charge in [0.15, 0.2) is 0 Å². The van der Waals surface area contributed by atoms with Crippen LogP contribution in [0.3, 0.4) is 0 Å². The van der Waals surface area contributed by atoms with Gasteiger partial charge >= 0.3 is 5.97 Å². The number of benzene rings is 2. The van der Waals surface area contributed by atoms with E-state index in [-0.39, 0.29) is 5.91 Å². The number of nitrogens with two attached hydrogens (primary N) is 1. The van der Waals surface area contributed by atoms with E-state index < -0.39 is 5.97 Å². The minimum absolute atomic E-state index is 0.320. The molecule has 3 N–H and O–H groups in total. The molecule has 0 unspecified atom stereocenters. The molecule has 0 atom stereocenters. The average Bonchev–Trinajstić information content (AvgIpc) is 3.11. The van der Waals surface area contributed by atoms with Gasteiger partial charge in [-0.05, 0) is 47.3 Å². The zero-order valence-electron chi connectivity index (χ0n) is 13.5. The molecule has 0 bridgehead atoms. The minimum atomic E-state index is -0.439. The molecule has 5 nitrogen and oxygen atoms in total. The first kappa shape index (κ1) is 16.7. The van der Waals surface area contributed by atoms with Crippen LogP contribution in [0.5, 0.6) is 5.75 Å². The quantitative estimate of drug-likeness (QED) is 0.419. The fraction of sp³-hybridized carbons (Fsp3) is 0.0526. The number of hydrogen-bond acceptors (Lipinski definition) is 5. The molecule has 0 saturated heterocycles. The number of ether oxygens (including phenoxy) is 1. The Kier molecular flexibility index (Phi) is 4.81. The highest BCUT2D eigenvalue weighted by Gasteiger charge is 2.11. The van der Waals surface area contributed by atoms with Gasteiger partial charge in [0.25, 0.3) is 5.91 Å². The van der Waals surface area contributed by atoms with E-state index in [1.165, 1.54) is 13.0 Å².